The molecule has 3 rings (SSSR count). The van der Waals surface area contributed by atoms with Crippen molar-refractivity contribution in [2.45, 2.75) is 135 Å². The standard InChI is InChI=1S/C43H69N7O9S/c1-12-27(6)38(49(9)43(55)37(26(4)5)47-42(54)36(45-8)25(2)3)34(58-10)22-35(51)50-24-30(23-44)21-33(50)39(59-11)28(7)40(52)46-32(20-29-16-14-13-15-17-29)41(53)48-60(56,57)31-18-19-31/h13-17,25-28,30-34,36-39,45H,12,18-22,24H2,1-11H3,(H,46,52)(H,47,54)(H,48,53)/t27-,28+,30-,32-,33-,34+,36-,37-,38-,39+/m0/s1. The van der Waals surface area contributed by atoms with Crippen LogP contribution in [-0.2, 0) is 49.9 Å². The lowest BCUT2D eigenvalue weighted by Crippen LogP contribution is -2.59. The van der Waals surface area contributed by atoms with Crippen molar-refractivity contribution in [3.8, 4) is 6.07 Å². The number of amides is 5. The van der Waals surface area contributed by atoms with E-state index in [1.54, 1.807) is 61.2 Å². The number of likely N-dealkylation sites (tertiary alicyclic amines) is 1. The van der Waals surface area contributed by atoms with E-state index in [1.807, 2.05) is 41.5 Å². The Morgan fingerprint density at radius 3 is 2.03 bits per heavy atom. The molecule has 1 aliphatic heterocycles. The number of hydrogen-bond donors (Lipinski definition) is 4. The Morgan fingerprint density at radius 1 is 0.917 bits per heavy atom. The third-order valence-corrected chi connectivity index (χ3v) is 13.9. The fourth-order valence-corrected chi connectivity index (χ4v) is 9.54. The fraction of sp³-hybridized carbons (Fsp3) is 0.721. The van der Waals surface area contributed by atoms with Crippen LogP contribution >= 0.6 is 0 Å². The summed E-state index contributed by atoms with van der Waals surface area (Å²) in [5.41, 5.74) is 0.705. The van der Waals surface area contributed by atoms with Gasteiger partial charge in [-0.3, -0.25) is 28.7 Å². The molecule has 2 aliphatic rings. The van der Waals surface area contributed by atoms with E-state index in [0.29, 0.717) is 24.8 Å². The molecule has 2 fully saturated rings. The molecule has 1 aromatic carbocycles. The Hall–Kier alpha value is -4.11. The van der Waals surface area contributed by atoms with E-state index in [4.69, 9.17) is 9.47 Å². The molecule has 0 unspecified atom stereocenters. The van der Waals surface area contributed by atoms with Crippen molar-refractivity contribution in [1.29, 1.82) is 5.26 Å². The van der Waals surface area contributed by atoms with Crippen LogP contribution in [0.3, 0.4) is 0 Å². The summed E-state index contributed by atoms with van der Waals surface area (Å²) in [6, 6.07) is 7.30. The molecule has 16 nitrogen and oxygen atoms in total. The van der Waals surface area contributed by atoms with Gasteiger partial charge in [0.25, 0.3) is 5.91 Å². The Morgan fingerprint density at radius 2 is 1.53 bits per heavy atom. The van der Waals surface area contributed by atoms with Crippen LogP contribution in [0.15, 0.2) is 30.3 Å². The monoisotopic (exact) mass is 859 g/mol. The van der Waals surface area contributed by atoms with Crippen molar-refractivity contribution in [2.75, 3.05) is 34.9 Å². The largest absolute Gasteiger partial charge is 0.379 e. The number of carbonyl (C=O) groups excluding carboxylic acids is 5. The molecule has 17 heteroatoms. The Kier molecular flexibility index (Phi) is 19.0. The first kappa shape index (κ1) is 50.2. The van der Waals surface area contributed by atoms with Gasteiger partial charge in [0.05, 0.1) is 59.9 Å². The number of methoxy groups -OCH3 is 2. The lowest BCUT2D eigenvalue weighted by molar-refractivity contribution is -0.148. The number of sulfonamides is 1. The van der Waals surface area contributed by atoms with E-state index in [1.165, 1.54) is 14.2 Å². The van der Waals surface area contributed by atoms with Crippen LogP contribution in [0.2, 0.25) is 0 Å². The molecule has 1 saturated carbocycles. The van der Waals surface area contributed by atoms with Crippen LogP contribution in [-0.4, -0.2) is 130 Å². The summed E-state index contributed by atoms with van der Waals surface area (Å²) < 4.78 is 39.5. The van der Waals surface area contributed by atoms with Gasteiger partial charge in [-0.15, -0.1) is 0 Å². The highest BCUT2D eigenvalue weighted by molar-refractivity contribution is 7.90. The second-order valence-corrected chi connectivity index (χ2v) is 19.1. The Bertz CT molecular complexity index is 1770. The second-order valence-electron chi connectivity index (χ2n) is 17.2. The lowest BCUT2D eigenvalue weighted by atomic mass is 9.89. The number of carbonyl (C=O) groups is 5. The highest BCUT2D eigenvalue weighted by atomic mass is 32.2. The summed E-state index contributed by atoms with van der Waals surface area (Å²) in [5.74, 6) is -4.31. The Labute approximate surface area is 357 Å². The van der Waals surface area contributed by atoms with E-state index in [0.717, 1.165) is 0 Å². The number of nitrogens with one attached hydrogen (secondary N) is 4. The predicted molar refractivity (Wildman–Crippen MR) is 227 cm³/mol. The summed E-state index contributed by atoms with van der Waals surface area (Å²) in [6.07, 6.45) is -0.0384. The molecule has 1 aliphatic carbocycles. The molecular formula is C43H69N7O9S. The van der Waals surface area contributed by atoms with Crippen LogP contribution < -0.4 is 20.7 Å². The highest BCUT2D eigenvalue weighted by Gasteiger charge is 2.46. The van der Waals surface area contributed by atoms with Crippen LogP contribution in [0.5, 0.6) is 0 Å². The third kappa shape index (κ3) is 13.0. The van der Waals surface area contributed by atoms with E-state index in [2.05, 4.69) is 26.7 Å². The molecule has 1 heterocycles. The molecule has 336 valence electrons. The van der Waals surface area contributed by atoms with E-state index in [9.17, 15) is 37.7 Å². The zero-order valence-corrected chi connectivity index (χ0v) is 38.1. The van der Waals surface area contributed by atoms with E-state index in [-0.39, 0.29) is 61.3 Å². The van der Waals surface area contributed by atoms with Crippen molar-refractivity contribution in [1.82, 2.24) is 30.5 Å². The van der Waals surface area contributed by atoms with Crippen molar-refractivity contribution >= 4 is 39.6 Å². The van der Waals surface area contributed by atoms with E-state index >= 15 is 0 Å². The molecule has 0 spiro atoms. The number of likely N-dealkylation sites (N-methyl/N-ethyl adjacent to an activating group) is 2. The summed E-state index contributed by atoms with van der Waals surface area (Å²) in [6.45, 7) is 13.2. The number of nitriles is 1. The fourth-order valence-electron chi connectivity index (χ4n) is 8.20. The maximum Gasteiger partial charge on any atom is 0.256 e. The van der Waals surface area contributed by atoms with Gasteiger partial charge in [-0.2, -0.15) is 5.26 Å². The van der Waals surface area contributed by atoms with Gasteiger partial charge in [-0.25, -0.2) is 8.42 Å². The van der Waals surface area contributed by atoms with Crippen LogP contribution in [0.4, 0.5) is 0 Å². The minimum absolute atomic E-state index is 0.0155. The van der Waals surface area contributed by atoms with Crippen molar-refractivity contribution in [3.05, 3.63) is 35.9 Å². The smallest absolute Gasteiger partial charge is 0.256 e. The molecule has 0 radical (unpaired) electrons. The average Bonchev–Trinajstić information content (AvgIpc) is 4.00. The molecular weight excluding hydrogens is 791 g/mol. The SMILES string of the molecule is CC[C@H](C)[C@@H]([C@@H](CC(=O)N1C[C@H](C#N)C[C@H]1[C@H](OC)[C@@H](C)C(=O)N[C@@H](Cc1ccccc1)C(=O)NS(=O)(=O)C1CC1)OC)N(C)C(=O)[C@@H](NC(=O)[C@@H](NC)C(C)C)C(C)C. The Balaban J connectivity index is 1.86. The van der Waals surface area contributed by atoms with Crippen molar-refractivity contribution in [3.63, 3.8) is 0 Å². The van der Waals surface area contributed by atoms with Gasteiger partial charge < -0.3 is 35.2 Å². The molecule has 10 atom stereocenters. The minimum atomic E-state index is -3.90. The molecule has 60 heavy (non-hydrogen) atoms. The minimum Gasteiger partial charge on any atom is -0.379 e. The number of rotatable bonds is 23. The van der Waals surface area contributed by atoms with Gasteiger partial charge >= 0.3 is 0 Å². The highest BCUT2D eigenvalue weighted by Crippen LogP contribution is 2.32. The van der Waals surface area contributed by atoms with Gasteiger partial charge in [0.15, 0.2) is 0 Å². The van der Waals surface area contributed by atoms with Crippen molar-refractivity contribution in [2.24, 2.45) is 29.6 Å². The zero-order valence-electron chi connectivity index (χ0n) is 37.3. The maximum atomic E-state index is 14.4. The molecule has 0 bridgehead atoms. The second kappa shape index (κ2) is 22.7. The van der Waals surface area contributed by atoms with Crippen LogP contribution in [0.25, 0.3) is 0 Å². The number of ether oxygens (including phenoxy) is 2. The summed E-state index contributed by atoms with van der Waals surface area (Å²) >= 11 is 0. The van der Waals surface area contributed by atoms with Gasteiger partial charge in [0, 0.05) is 34.2 Å². The van der Waals surface area contributed by atoms with Gasteiger partial charge in [-0.05, 0) is 49.6 Å². The molecule has 1 aromatic rings. The average molecular weight is 860 g/mol. The van der Waals surface area contributed by atoms with E-state index < -0.39 is 81.3 Å². The molecule has 0 aromatic heterocycles. The van der Waals surface area contributed by atoms with Crippen LogP contribution in [0.1, 0.15) is 86.1 Å². The number of nitrogens with zero attached hydrogens (tertiary/aromatic N) is 3. The van der Waals surface area contributed by atoms with Crippen molar-refractivity contribution < 1.29 is 41.9 Å². The first-order valence-electron chi connectivity index (χ1n) is 21.1. The summed E-state index contributed by atoms with van der Waals surface area (Å²) in [4.78, 5) is 72.5. The number of benzene rings is 1. The van der Waals surface area contributed by atoms with Crippen LogP contribution in [0, 0.1) is 40.9 Å². The van der Waals surface area contributed by atoms with Gasteiger partial charge in [0.1, 0.15) is 12.1 Å². The first-order chi connectivity index (χ1) is 28.3. The third-order valence-electron chi connectivity index (χ3n) is 12.1. The normalized spacial score (nSPS) is 20.8. The molecule has 1 saturated heterocycles. The molecule has 5 amide bonds. The van der Waals surface area contributed by atoms with Gasteiger partial charge in [0.2, 0.25) is 33.7 Å². The van der Waals surface area contributed by atoms with Gasteiger partial charge in [-0.1, -0.05) is 85.2 Å². The summed E-state index contributed by atoms with van der Waals surface area (Å²) in [5, 5.41) is 18.1. The first-order valence-corrected chi connectivity index (χ1v) is 22.7. The zero-order chi connectivity index (χ0) is 45.1. The topological polar surface area (TPSA) is 216 Å². The summed E-state index contributed by atoms with van der Waals surface area (Å²) in [7, 11) is 2.36. The number of hydrogen-bond acceptors (Lipinski definition) is 11. The quantitative estimate of drug-likeness (QED) is 0.125. The lowest BCUT2D eigenvalue weighted by Gasteiger charge is -2.41. The maximum absolute atomic E-state index is 14.4. The molecule has 4 N–H and O–H groups in total. The predicted octanol–water partition coefficient (Wildman–Crippen LogP) is 2.38.